The molecular weight excluding hydrogens is 400 g/mol. The maximum absolute atomic E-state index is 12.8. The predicted octanol–water partition coefficient (Wildman–Crippen LogP) is 3.18. The van der Waals surface area contributed by atoms with Crippen LogP contribution in [0.4, 0.5) is 5.69 Å². The molecule has 0 saturated heterocycles. The van der Waals surface area contributed by atoms with Crippen LogP contribution in [0, 0.1) is 0 Å². The summed E-state index contributed by atoms with van der Waals surface area (Å²) in [5.41, 5.74) is 2.27. The third-order valence-corrected chi connectivity index (χ3v) is 4.69. The zero-order chi connectivity index (χ0) is 18.7. The molecule has 7 heteroatoms. The Morgan fingerprint density at radius 2 is 1.88 bits per heavy atom. The molecule has 1 heterocycles. The summed E-state index contributed by atoms with van der Waals surface area (Å²) in [6.45, 7) is -0.135. The van der Waals surface area contributed by atoms with Gasteiger partial charge in [-0.1, -0.05) is 46.3 Å². The molecule has 0 unspecified atom stereocenters. The predicted molar refractivity (Wildman–Crippen MR) is 99.6 cm³/mol. The Morgan fingerprint density at radius 3 is 2.58 bits per heavy atom. The molecule has 2 aromatic carbocycles. The number of nitrogens with zero attached hydrogens (tertiary/aromatic N) is 1. The third-order valence-electron chi connectivity index (χ3n) is 4.20. The van der Waals surface area contributed by atoms with Crippen LogP contribution in [-0.4, -0.2) is 34.3 Å². The van der Waals surface area contributed by atoms with Gasteiger partial charge in [-0.2, -0.15) is 0 Å². The zero-order valence-electron chi connectivity index (χ0n) is 13.8. The number of aliphatic carboxylic acids is 1. The van der Waals surface area contributed by atoms with Crippen LogP contribution >= 0.6 is 15.9 Å². The van der Waals surface area contributed by atoms with Crippen molar-refractivity contribution in [3.8, 4) is 0 Å². The summed E-state index contributed by atoms with van der Waals surface area (Å²) in [5, 5.41) is 11.7. The van der Waals surface area contributed by atoms with E-state index in [1.54, 1.807) is 6.07 Å². The highest BCUT2D eigenvalue weighted by molar-refractivity contribution is 9.10. The van der Waals surface area contributed by atoms with E-state index in [1.165, 1.54) is 4.90 Å². The minimum atomic E-state index is -1.04. The first-order valence-electron chi connectivity index (χ1n) is 8.11. The quantitative estimate of drug-likeness (QED) is 0.800. The number of nitrogens with one attached hydrogen (secondary N) is 1. The number of carboxylic acid groups (broad SMARTS) is 1. The van der Waals surface area contributed by atoms with E-state index in [9.17, 15) is 14.4 Å². The summed E-state index contributed by atoms with van der Waals surface area (Å²) < 4.78 is 0.825. The number of rotatable bonds is 4. The van der Waals surface area contributed by atoms with Crippen molar-refractivity contribution in [1.29, 1.82) is 0 Å². The van der Waals surface area contributed by atoms with E-state index in [0.29, 0.717) is 5.69 Å². The van der Waals surface area contributed by atoms with E-state index in [1.807, 2.05) is 42.5 Å². The van der Waals surface area contributed by atoms with Gasteiger partial charge in [-0.05, 0) is 23.8 Å². The molecule has 3 rings (SSSR count). The largest absolute Gasteiger partial charge is 0.481 e. The molecule has 134 valence electrons. The highest BCUT2D eigenvalue weighted by Gasteiger charge is 2.33. The van der Waals surface area contributed by atoms with Crippen molar-refractivity contribution in [2.45, 2.75) is 18.9 Å². The van der Waals surface area contributed by atoms with Crippen molar-refractivity contribution in [2.75, 3.05) is 11.9 Å². The Labute approximate surface area is 158 Å². The molecule has 0 aromatic heterocycles. The molecule has 2 aromatic rings. The maximum Gasteiger partial charge on any atom is 0.303 e. The molecule has 2 N–H and O–H groups in total. The number of amides is 2. The third kappa shape index (κ3) is 3.94. The molecule has 1 aliphatic rings. The highest BCUT2D eigenvalue weighted by Crippen LogP contribution is 2.37. The summed E-state index contributed by atoms with van der Waals surface area (Å²) in [7, 11) is 0. The first-order valence-corrected chi connectivity index (χ1v) is 8.90. The number of hydrogen-bond donors (Lipinski definition) is 2. The Balaban J connectivity index is 2.09. The average molecular weight is 417 g/mol. The van der Waals surface area contributed by atoms with Gasteiger partial charge in [0.1, 0.15) is 6.54 Å². The topological polar surface area (TPSA) is 86.7 Å². The van der Waals surface area contributed by atoms with Crippen LogP contribution in [0.25, 0.3) is 0 Å². The first-order chi connectivity index (χ1) is 12.5. The van der Waals surface area contributed by atoms with Crippen LogP contribution in [0.5, 0.6) is 0 Å². The van der Waals surface area contributed by atoms with Gasteiger partial charge in [0.15, 0.2) is 0 Å². The molecule has 0 saturated carbocycles. The van der Waals surface area contributed by atoms with Gasteiger partial charge in [0.25, 0.3) is 0 Å². The normalized spacial score (nSPS) is 16.4. The Bertz CT molecular complexity index is 854. The fourth-order valence-corrected chi connectivity index (χ4v) is 3.44. The number of anilines is 1. The van der Waals surface area contributed by atoms with Gasteiger partial charge in [-0.3, -0.25) is 14.4 Å². The standard InChI is InChI=1S/C19H17BrN2O4/c20-13-6-7-15-14(10-13)19(12-4-2-1-3-5-12)22(11-16(23)21-15)17(24)8-9-18(25)26/h1-7,10,19H,8-9,11H2,(H,21,23)(H,25,26)/t19-/m0/s1. The van der Waals surface area contributed by atoms with E-state index < -0.39 is 12.0 Å². The Kier molecular flexibility index (Phi) is 5.37. The molecule has 0 radical (unpaired) electrons. The number of fused-ring (bicyclic) bond motifs is 1. The molecule has 6 nitrogen and oxygen atoms in total. The van der Waals surface area contributed by atoms with E-state index in [0.717, 1.165) is 15.6 Å². The van der Waals surface area contributed by atoms with Crippen LogP contribution < -0.4 is 5.32 Å². The van der Waals surface area contributed by atoms with Gasteiger partial charge in [-0.25, -0.2) is 0 Å². The number of carbonyl (C=O) groups excluding carboxylic acids is 2. The van der Waals surface area contributed by atoms with Crippen molar-refractivity contribution < 1.29 is 19.5 Å². The summed E-state index contributed by atoms with van der Waals surface area (Å²) >= 11 is 3.44. The van der Waals surface area contributed by atoms with Gasteiger partial charge in [0, 0.05) is 22.1 Å². The lowest BCUT2D eigenvalue weighted by molar-refractivity contribution is -0.142. The fraction of sp³-hybridized carbons (Fsp3) is 0.211. The van der Waals surface area contributed by atoms with Gasteiger partial charge in [-0.15, -0.1) is 0 Å². The van der Waals surface area contributed by atoms with E-state index in [2.05, 4.69) is 21.2 Å². The number of carboxylic acids is 1. The fourth-order valence-electron chi connectivity index (χ4n) is 3.06. The van der Waals surface area contributed by atoms with Crippen LogP contribution in [-0.2, 0) is 14.4 Å². The van der Waals surface area contributed by atoms with Crippen LogP contribution in [0.1, 0.15) is 30.0 Å². The molecule has 2 amide bonds. The van der Waals surface area contributed by atoms with Crippen molar-refractivity contribution in [1.82, 2.24) is 4.90 Å². The van der Waals surface area contributed by atoms with E-state index in [4.69, 9.17) is 5.11 Å². The summed E-state index contributed by atoms with van der Waals surface area (Å²) in [4.78, 5) is 37.4. The Hall–Kier alpha value is -2.67. The second kappa shape index (κ2) is 7.70. The lowest BCUT2D eigenvalue weighted by atomic mass is 9.95. The molecular formula is C19H17BrN2O4. The van der Waals surface area contributed by atoms with E-state index >= 15 is 0 Å². The van der Waals surface area contributed by atoms with Gasteiger partial charge in [0.05, 0.1) is 12.5 Å². The summed E-state index contributed by atoms with van der Waals surface area (Å²) in [6, 6.07) is 14.4. The zero-order valence-corrected chi connectivity index (χ0v) is 15.4. The van der Waals surface area contributed by atoms with Crippen molar-refractivity contribution in [2.24, 2.45) is 0 Å². The number of halogens is 1. The molecule has 1 aliphatic heterocycles. The second-order valence-corrected chi connectivity index (χ2v) is 6.92. The summed E-state index contributed by atoms with van der Waals surface area (Å²) in [6.07, 6.45) is -0.431. The highest BCUT2D eigenvalue weighted by atomic mass is 79.9. The minimum Gasteiger partial charge on any atom is -0.481 e. The molecule has 0 bridgehead atoms. The molecule has 26 heavy (non-hydrogen) atoms. The monoisotopic (exact) mass is 416 g/mol. The minimum absolute atomic E-state index is 0.135. The van der Waals surface area contributed by atoms with Crippen LogP contribution in [0.15, 0.2) is 53.0 Å². The maximum atomic E-state index is 12.8. The van der Waals surface area contributed by atoms with Gasteiger partial charge < -0.3 is 15.3 Å². The molecule has 0 spiro atoms. The number of carbonyl (C=O) groups is 3. The van der Waals surface area contributed by atoms with E-state index in [-0.39, 0.29) is 31.2 Å². The van der Waals surface area contributed by atoms with Crippen LogP contribution in [0.3, 0.4) is 0 Å². The van der Waals surface area contributed by atoms with Crippen molar-refractivity contribution in [3.05, 3.63) is 64.1 Å². The first kappa shape index (κ1) is 18.1. The van der Waals surface area contributed by atoms with Gasteiger partial charge >= 0.3 is 5.97 Å². The second-order valence-electron chi connectivity index (χ2n) is 6.01. The van der Waals surface area contributed by atoms with Gasteiger partial charge in [0.2, 0.25) is 11.8 Å². The summed E-state index contributed by atoms with van der Waals surface area (Å²) in [5.74, 6) is -1.73. The smallest absolute Gasteiger partial charge is 0.303 e. The van der Waals surface area contributed by atoms with Crippen molar-refractivity contribution in [3.63, 3.8) is 0 Å². The number of benzene rings is 2. The number of hydrogen-bond acceptors (Lipinski definition) is 3. The van der Waals surface area contributed by atoms with Crippen molar-refractivity contribution >= 4 is 39.4 Å². The SMILES string of the molecule is O=C(O)CCC(=O)N1CC(=O)Nc2ccc(Br)cc2[C@@H]1c1ccccc1. The lowest BCUT2D eigenvalue weighted by Gasteiger charge is -2.30. The lowest BCUT2D eigenvalue weighted by Crippen LogP contribution is -2.39. The molecule has 1 atom stereocenters. The Morgan fingerprint density at radius 1 is 1.15 bits per heavy atom. The molecule has 0 fully saturated rings. The molecule has 0 aliphatic carbocycles. The van der Waals surface area contributed by atoms with Crippen LogP contribution in [0.2, 0.25) is 0 Å². The average Bonchev–Trinajstić information content (AvgIpc) is 2.76.